The van der Waals surface area contributed by atoms with Crippen molar-refractivity contribution in [2.75, 3.05) is 7.11 Å². The van der Waals surface area contributed by atoms with Crippen molar-refractivity contribution in [1.82, 2.24) is 10.8 Å². The van der Waals surface area contributed by atoms with Gasteiger partial charge in [0.1, 0.15) is 11.5 Å². The lowest BCUT2D eigenvalue weighted by atomic mass is 9.38. The highest BCUT2D eigenvalue weighted by atomic mass is 16.6. The molecule has 5 atom stereocenters. The highest BCUT2D eigenvalue weighted by Gasteiger charge is 2.65. The fourth-order valence-electron chi connectivity index (χ4n) is 6.59. The van der Waals surface area contributed by atoms with Crippen molar-refractivity contribution in [2.24, 2.45) is 28.1 Å². The van der Waals surface area contributed by atoms with E-state index in [9.17, 15) is 19.8 Å². The van der Waals surface area contributed by atoms with E-state index in [1.165, 1.54) is 25.3 Å². The molecule has 2 fully saturated rings. The number of benzene rings is 1. The molecule has 0 aromatic heterocycles. The maximum atomic E-state index is 13.9. The van der Waals surface area contributed by atoms with Gasteiger partial charge in [0.05, 0.1) is 7.11 Å². The quantitative estimate of drug-likeness (QED) is 0.417. The molecule has 2 aliphatic carbocycles. The van der Waals surface area contributed by atoms with Crippen LogP contribution in [-0.4, -0.2) is 35.2 Å². The van der Waals surface area contributed by atoms with Crippen molar-refractivity contribution in [3.8, 4) is 11.5 Å². The second-order valence-corrected chi connectivity index (χ2v) is 10.5. The average Bonchev–Trinajstić information content (AvgIpc) is 2.64. The largest absolute Gasteiger partial charge is 0.508 e. The van der Waals surface area contributed by atoms with Crippen molar-refractivity contribution in [2.45, 2.75) is 66.3 Å². The fraction of sp³-hybridized carbons (Fsp3) is 0.667. The Balaban J connectivity index is 2.10. The predicted molar refractivity (Wildman–Crippen MR) is 118 cm³/mol. The molecular formula is C24H36N2O5. The summed E-state index contributed by atoms with van der Waals surface area (Å²) in [5, 5.41) is 23.0. The van der Waals surface area contributed by atoms with Crippen molar-refractivity contribution in [1.29, 1.82) is 0 Å². The minimum atomic E-state index is -0.429. The monoisotopic (exact) mass is 432 g/mol. The Morgan fingerprint density at radius 1 is 1.06 bits per heavy atom. The van der Waals surface area contributed by atoms with Gasteiger partial charge in [-0.2, -0.15) is 0 Å². The molecule has 2 saturated carbocycles. The molecule has 172 valence electrons. The van der Waals surface area contributed by atoms with Gasteiger partial charge < -0.3 is 15.5 Å². The molecule has 7 heteroatoms. The van der Waals surface area contributed by atoms with E-state index < -0.39 is 6.03 Å². The van der Waals surface area contributed by atoms with Crippen LogP contribution in [0.5, 0.6) is 11.5 Å². The van der Waals surface area contributed by atoms with Crippen molar-refractivity contribution >= 4 is 11.8 Å². The van der Waals surface area contributed by atoms with Crippen LogP contribution in [0.4, 0.5) is 4.79 Å². The van der Waals surface area contributed by atoms with Crippen molar-refractivity contribution < 1.29 is 24.6 Å². The Bertz CT molecular complexity index is 849. The number of phenols is 2. The van der Waals surface area contributed by atoms with Gasteiger partial charge in [0.25, 0.3) is 0 Å². The van der Waals surface area contributed by atoms with Gasteiger partial charge in [0, 0.05) is 23.6 Å². The van der Waals surface area contributed by atoms with Gasteiger partial charge in [-0.05, 0) is 53.6 Å². The first-order valence-electron chi connectivity index (χ1n) is 11.0. The van der Waals surface area contributed by atoms with E-state index in [0.717, 1.165) is 25.7 Å². The minimum Gasteiger partial charge on any atom is -0.508 e. The molecule has 2 amide bonds. The third kappa shape index (κ3) is 3.77. The summed E-state index contributed by atoms with van der Waals surface area (Å²) in [6.45, 7) is 11.0. The number of rotatable bonds is 4. The molecule has 0 heterocycles. The van der Waals surface area contributed by atoms with Crippen molar-refractivity contribution in [3.05, 3.63) is 23.8 Å². The third-order valence-corrected chi connectivity index (χ3v) is 8.71. The Morgan fingerprint density at radius 2 is 1.68 bits per heavy atom. The van der Waals surface area contributed by atoms with Crippen LogP contribution >= 0.6 is 0 Å². The Morgan fingerprint density at radius 3 is 2.26 bits per heavy atom. The fourth-order valence-corrected chi connectivity index (χ4v) is 6.59. The molecule has 0 radical (unpaired) electrons. The third-order valence-electron chi connectivity index (χ3n) is 8.71. The van der Waals surface area contributed by atoms with Gasteiger partial charge in [-0.3, -0.25) is 9.63 Å². The van der Waals surface area contributed by atoms with E-state index in [-0.39, 0.29) is 51.4 Å². The molecule has 0 bridgehead atoms. The molecule has 0 saturated heterocycles. The molecule has 2 aliphatic rings. The molecular weight excluding hydrogens is 396 g/mol. The number of ketones is 1. The first kappa shape index (κ1) is 23.4. The summed E-state index contributed by atoms with van der Waals surface area (Å²) in [4.78, 5) is 31.0. The second kappa shape index (κ2) is 8.01. The predicted octanol–water partition coefficient (Wildman–Crippen LogP) is 4.39. The lowest BCUT2D eigenvalue weighted by Crippen LogP contribution is -2.66. The number of nitrogens with one attached hydrogen (secondary N) is 2. The number of hydrogen-bond acceptors (Lipinski definition) is 5. The Kier molecular flexibility index (Phi) is 6.04. The molecule has 1 aromatic carbocycles. The summed E-state index contributed by atoms with van der Waals surface area (Å²) in [5.41, 5.74) is 2.07. The number of fused-ring (bicyclic) bond motifs is 1. The van der Waals surface area contributed by atoms with Crippen LogP contribution in [0.15, 0.2) is 18.2 Å². The van der Waals surface area contributed by atoms with Crippen LogP contribution in [-0.2, 0) is 4.84 Å². The summed E-state index contributed by atoms with van der Waals surface area (Å²) >= 11 is 0. The lowest BCUT2D eigenvalue weighted by molar-refractivity contribution is -0.163. The van der Waals surface area contributed by atoms with Gasteiger partial charge in [-0.25, -0.2) is 10.3 Å². The van der Waals surface area contributed by atoms with Crippen LogP contribution < -0.4 is 10.8 Å². The lowest BCUT2D eigenvalue weighted by Gasteiger charge is -2.67. The Hall–Kier alpha value is -2.28. The van der Waals surface area contributed by atoms with E-state index >= 15 is 0 Å². The van der Waals surface area contributed by atoms with E-state index in [4.69, 9.17) is 4.84 Å². The van der Waals surface area contributed by atoms with Crippen molar-refractivity contribution in [3.63, 3.8) is 0 Å². The van der Waals surface area contributed by atoms with E-state index in [2.05, 4.69) is 38.5 Å². The number of hydrogen-bond donors (Lipinski definition) is 4. The number of urea groups is 1. The molecule has 0 spiro atoms. The van der Waals surface area contributed by atoms with Crippen LogP contribution in [0.1, 0.15) is 70.7 Å². The maximum absolute atomic E-state index is 13.9. The average molecular weight is 433 g/mol. The highest BCUT2D eigenvalue weighted by Crippen LogP contribution is 2.68. The van der Waals surface area contributed by atoms with E-state index in [1.807, 2.05) is 6.92 Å². The number of amides is 2. The zero-order valence-corrected chi connectivity index (χ0v) is 19.4. The molecule has 4 N–H and O–H groups in total. The van der Waals surface area contributed by atoms with Gasteiger partial charge in [-0.15, -0.1) is 0 Å². The van der Waals surface area contributed by atoms with Crippen LogP contribution in [0.2, 0.25) is 0 Å². The van der Waals surface area contributed by atoms with E-state index in [0.29, 0.717) is 5.56 Å². The SMILES string of the molecule is CONC(=O)N[C@@H]1C[C@@]2(C)C(C)(C)CCC[C@]2(C)[C@@H](C(=O)c2cc(O)cc(O)c2)[C@@H]1C. The minimum absolute atomic E-state index is 0.0305. The van der Waals surface area contributed by atoms with Crippen LogP contribution in [0, 0.1) is 28.1 Å². The summed E-state index contributed by atoms with van der Waals surface area (Å²) < 4.78 is 0. The molecule has 3 rings (SSSR count). The smallest absolute Gasteiger partial charge is 0.338 e. The van der Waals surface area contributed by atoms with Gasteiger partial charge in [0.15, 0.2) is 5.78 Å². The number of phenolic OH excluding ortho intramolecular Hbond substituents is 2. The summed E-state index contributed by atoms with van der Waals surface area (Å²) in [6.07, 6.45) is 3.75. The first-order valence-corrected chi connectivity index (χ1v) is 11.0. The first-order chi connectivity index (χ1) is 14.4. The summed E-state index contributed by atoms with van der Waals surface area (Å²) in [7, 11) is 1.38. The molecule has 7 nitrogen and oxygen atoms in total. The summed E-state index contributed by atoms with van der Waals surface area (Å²) in [6, 6.07) is 3.39. The summed E-state index contributed by atoms with van der Waals surface area (Å²) in [5.74, 6) is -0.925. The van der Waals surface area contributed by atoms with Gasteiger partial charge in [-0.1, -0.05) is 41.0 Å². The molecule has 31 heavy (non-hydrogen) atoms. The molecule has 1 aromatic rings. The highest BCUT2D eigenvalue weighted by molar-refractivity contribution is 5.99. The standard InChI is InChI=1S/C24H36N2O5/c1-14-18(25-21(30)26-31-6)13-24(5)22(2,3)8-7-9-23(24,4)19(14)20(29)15-10-16(27)12-17(28)11-15/h10-12,14,18-19,27-28H,7-9,13H2,1-6H3,(H2,25,26,30)/t14-,18-,19-,23-,24+/m1/s1. The number of hydroxylamine groups is 1. The number of carbonyl (C=O) groups excluding carboxylic acids is 2. The van der Waals surface area contributed by atoms with Gasteiger partial charge in [0.2, 0.25) is 0 Å². The van der Waals surface area contributed by atoms with Crippen LogP contribution in [0.25, 0.3) is 0 Å². The van der Waals surface area contributed by atoms with Gasteiger partial charge >= 0.3 is 6.03 Å². The zero-order valence-electron chi connectivity index (χ0n) is 19.4. The number of aromatic hydroxyl groups is 2. The Labute approximate surface area is 184 Å². The zero-order chi connectivity index (χ0) is 23.2. The molecule has 0 unspecified atom stereocenters. The van der Waals surface area contributed by atoms with Crippen LogP contribution in [0.3, 0.4) is 0 Å². The van der Waals surface area contributed by atoms with E-state index in [1.54, 1.807) is 0 Å². The normalized spacial score (nSPS) is 34.5. The number of carbonyl (C=O) groups is 2. The number of Topliss-reactive ketones (excluding diaryl/α,β-unsaturated/α-hetero) is 1. The molecule has 0 aliphatic heterocycles. The maximum Gasteiger partial charge on any atom is 0.338 e. The topological polar surface area (TPSA) is 108 Å². The second-order valence-electron chi connectivity index (χ2n) is 10.5.